The first kappa shape index (κ1) is 20.0. The van der Waals surface area contributed by atoms with E-state index in [0.29, 0.717) is 35.2 Å². The first-order valence-electron chi connectivity index (χ1n) is 9.85. The van der Waals surface area contributed by atoms with E-state index >= 15 is 0 Å². The number of rotatable bonds is 6. The third-order valence-electron chi connectivity index (χ3n) is 5.41. The van der Waals surface area contributed by atoms with Crippen LogP contribution in [0.5, 0.6) is 0 Å². The lowest BCUT2D eigenvalue weighted by Gasteiger charge is -2.27. The van der Waals surface area contributed by atoms with E-state index in [1.165, 1.54) is 0 Å². The molecule has 6 nitrogen and oxygen atoms in total. The van der Waals surface area contributed by atoms with Crippen molar-refractivity contribution in [2.75, 3.05) is 23.7 Å². The largest absolute Gasteiger partial charge is 0.326 e. The Morgan fingerprint density at radius 1 is 1.14 bits per heavy atom. The summed E-state index contributed by atoms with van der Waals surface area (Å²) in [7, 11) is 0. The number of carbonyl (C=O) groups excluding carboxylic acids is 2. The Balaban J connectivity index is 1.60. The molecule has 1 aromatic carbocycles. The normalized spacial score (nSPS) is 15.6. The zero-order valence-corrected chi connectivity index (χ0v) is 16.5. The summed E-state index contributed by atoms with van der Waals surface area (Å²) >= 11 is 0. The molecule has 3 N–H and O–H groups in total. The predicted octanol–water partition coefficient (Wildman–Crippen LogP) is 3.61. The van der Waals surface area contributed by atoms with Crippen molar-refractivity contribution in [3.63, 3.8) is 0 Å². The molecule has 0 aliphatic carbocycles. The van der Waals surface area contributed by atoms with Crippen LogP contribution >= 0.6 is 0 Å². The Bertz CT molecular complexity index is 817. The van der Waals surface area contributed by atoms with E-state index in [-0.39, 0.29) is 11.8 Å². The first-order chi connectivity index (χ1) is 13.5. The van der Waals surface area contributed by atoms with Crippen LogP contribution in [0.2, 0.25) is 0 Å². The van der Waals surface area contributed by atoms with Crippen LogP contribution in [0.15, 0.2) is 42.7 Å². The predicted molar refractivity (Wildman–Crippen MR) is 111 cm³/mol. The molecule has 1 aliphatic heterocycles. The van der Waals surface area contributed by atoms with Gasteiger partial charge in [0.15, 0.2) is 0 Å². The number of nitrogens with zero attached hydrogens (tertiary/aromatic N) is 1. The van der Waals surface area contributed by atoms with E-state index in [0.717, 1.165) is 31.5 Å². The van der Waals surface area contributed by atoms with Gasteiger partial charge in [0.25, 0.3) is 5.91 Å². The quantitative estimate of drug-likeness (QED) is 0.715. The molecule has 6 heteroatoms. The molecule has 1 aliphatic rings. The van der Waals surface area contributed by atoms with Crippen LogP contribution in [0.25, 0.3) is 0 Å². The number of hydrogen-bond acceptors (Lipinski definition) is 4. The second-order valence-corrected chi connectivity index (χ2v) is 7.54. The van der Waals surface area contributed by atoms with Gasteiger partial charge in [0.2, 0.25) is 5.91 Å². The fourth-order valence-electron chi connectivity index (χ4n) is 3.62. The summed E-state index contributed by atoms with van der Waals surface area (Å²) in [5.41, 5.74) is 2.85. The number of aromatic nitrogens is 1. The van der Waals surface area contributed by atoms with Crippen LogP contribution in [-0.4, -0.2) is 29.9 Å². The maximum atomic E-state index is 12.5. The number of benzene rings is 1. The highest BCUT2D eigenvalue weighted by atomic mass is 16.2. The highest BCUT2D eigenvalue weighted by molar-refractivity contribution is 6.05. The molecule has 1 aromatic heterocycles. The lowest BCUT2D eigenvalue weighted by Crippen LogP contribution is -2.32. The minimum atomic E-state index is -0.200. The van der Waals surface area contributed by atoms with Crippen molar-refractivity contribution in [2.45, 2.75) is 33.1 Å². The van der Waals surface area contributed by atoms with Gasteiger partial charge in [0.1, 0.15) is 0 Å². The summed E-state index contributed by atoms with van der Waals surface area (Å²) in [5, 5.41) is 9.25. The van der Waals surface area contributed by atoms with Gasteiger partial charge in [-0.3, -0.25) is 14.6 Å². The summed E-state index contributed by atoms with van der Waals surface area (Å²) in [5.74, 6) is 0.772. The van der Waals surface area contributed by atoms with Crippen molar-refractivity contribution in [2.24, 2.45) is 11.8 Å². The number of amides is 2. The van der Waals surface area contributed by atoms with Gasteiger partial charge in [-0.1, -0.05) is 13.0 Å². The number of piperidine rings is 1. The molecule has 0 radical (unpaired) electrons. The van der Waals surface area contributed by atoms with E-state index in [4.69, 9.17) is 0 Å². The van der Waals surface area contributed by atoms with Crippen molar-refractivity contribution in [3.8, 4) is 0 Å². The molecule has 3 rings (SSSR count). The van der Waals surface area contributed by atoms with Gasteiger partial charge in [-0.15, -0.1) is 0 Å². The van der Waals surface area contributed by atoms with Gasteiger partial charge >= 0.3 is 0 Å². The standard InChI is InChI=1S/C22H28N4O2/c1-15-3-4-19(14-20(15)26-22(28)18-7-11-24-12-8-18)25-21(27)13-16(2)17-5-9-23-10-6-17/h3-4,7-8,11-12,14,16-17,23H,5-6,9-10,13H2,1-2H3,(H,25,27)(H,26,28). The van der Waals surface area contributed by atoms with Gasteiger partial charge in [-0.2, -0.15) is 0 Å². The lowest BCUT2D eigenvalue weighted by molar-refractivity contribution is -0.117. The third kappa shape index (κ3) is 5.39. The maximum Gasteiger partial charge on any atom is 0.255 e. The number of carbonyl (C=O) groups is 2. The van der Waals surface area contributed by atoms with Crippen molar-refractivity contribution < 1.29 is 9.59 Å². The van der Waals surface area contributed by atoms with Crippen LogP contribution in [0, 0.1) is 18.8 Å². The molecule has 1 saturated heterocycles. The minimum absolute atomic E-state index is 0.0151. The lowest BCUT2D eigenvalue weighted by atomic mass is 9.84. The van der Waals surface area contributed by atoms with E-state index in [1.54, 1.807) is 24.5 Å². The molecular formula is C22H28N4O2. The van der Waals surface area contributed by atoms with Crippen LogP contribution < -0.4 is 16.0 Å². The monoisotopic (exact) mass is 380 g/mol. The molecule has 2 heterocycles. The smallest absolute Gasteiger partial charge is 0.255 e. The van der Waals surface area contributed by atoms with Gasteiger partial charge in [0.05, 0.1) is 0 Å². The van der Waals surface area contributed by atoms with E-state index in [2.05, 4.69) is 27.9 Å². The van der Waals surface area contributed by atoms with Gasteiger partial charge < -0.3 is 16.0 Å². The summed E-state index contributed by atoms with van der Waals surface area (Å²) in [6, 6.07) is 8.90. The maximum absolute atomic E-state index is 12.5. The molecule has 1 unspecified atom stereocenters. The Hall–Kier alpha value is -2.73. The molecule has 148 valence electrons. The molecule has 2 aromatic rings. The second-order valence-electron chi connectivity index (χ2n) is 7.54. The SMILES string of the molecule is Cc1ccc(NC(=O)CC(C)C2CCNCC2)cc1NC(=O)c1ccncc1. The number of nitrogens with one attached hydrogen (secondary N) is 3. The highest BCUT2D eigenvalue weighted by Gasteiger charge is 2.22. The molecule has 0 bridgehead atoms. The van der Waals surface area contributed by atoms with E-state index in [1.807, 2.05) is 25.1 Å². The van der Waals surface area contributed by atoms with Crippen molar-refractivity contribution in [3.05, 3.63) is 53.9 Å². The number of pyridine rings is 1. The number of anilines is 2. The topological polar surface area (TPSA) is 83.1 Å². The Labute approximate surface area is 166 Å². The van der Waals surface area contributed by atoms with E-state index < -0.39 is 0 Å². The summed E-state index contributed by atoms with van der Waals surface area (Å²) < 4.78 is 0. The molecule has 0 saturated carbocycles. The average molecular weight is 380 g/mol. The molecule has 28 heavy (non-hydrogen) atoms. The van der Waals surface area contributed by atoms with Crippen LogP contribution in [-0.2, 0) is 4.79 Å². The van der Waals surface area contributed by atoms with Crippen molar-refractivity contribution in [1.29, 1.82) is 0 Å². The van der Waals surface area contributed by atoms with Crippen LogP contribution in [0.1, 0.15) is 42.1 Å². The molecular weight excluding hydrogens is 352 g/mol. The second kappa shape index (κ2) is 9.46. The zero-order valence-electron chi connectivity index (χ0n) is 16.5. The highest BCUT2D eigenvalue weighted by Crippen LogP contribution is 2.26. The zero-order chi connectivity index (χ0) is 19.9. The van der Waals surface area contributed by atoms with Crippen LogP contribution in [0.3, 0.4) is 0 Å². The van der Waals surface area contributed by atoms with Gasteiger partial charge in [-0.25, -0.2) is 0 Å². The minimum Gasteiger partial charge on any atom is -0.326 e. The molecule has 0 spiro atoms. The Kier molecular flexibility index (Phi) is 6.76. The number of aryl methyl sites for hydroxylation is 1. The average Bonchev–Trinajstić information content (AvgIpc) is 2.71. The summed E-state index contributed by atoms with van der Waals surface area (Å²) in [6.45, 7) is 6.16. The first-order valence-corrected chi connectivity index (χ1v) is 9.85. The molecule has 1 fully saturated rings. The Morgan fingerprint density at radius 3 is 2.57 bits per heavy atom. The van der Waals surface area contributed by atoms with Gasteiger partial charge in [0, 0.05) is 35.8 Å². The van der Waals surface area contributed by atoms with E-state index in [9.17, 15) is 9.59 Å². The molecule has 2 amide bonds. The number of hydrogen-bond donors (Lipinski definition) is 3. The molecule has 1 atom stereocenters. The van der Waals surface area contributed by atoms with Crippen molar-refractivity contribution in [1.82, 2.24) is 10.3 Å². The van der Waals surface area contributed by atoms with Crippen molar-refractivity contribution >= 4 is 23.2 Å². The summed E-state index contributed by atoms with van der Waals surface area (Å²) in [6.07, 6.45) is 5.94. The summed E-state index contributed by atoms with van der Waals surface area (Å²) in [4.78, 5) is 28.8. The van der Waals surface area contributed by atoms with Crippen LogP contribution in [0.4, 0.5) is 11.4 Å². The third-order valence-corrected chi connectivity index (χ3v) is 5.41. The fraction of sp³-hybridized carbons (Fsp3) is 0.409. The van der Waals surface area contributed by atoms with Gasteiger partial charge in [-0.05, 0) is 74.5 Å². The fourth-order valence-corrected chi connectivity index (χ4v) is 3.62. The Morgan fingerprint density at radius 2 is 1.86 bits per heavy atom.